The van der Waals surface area contributed by atoms with Gasteiger partial charge in [-0.2, -0.15) is 0 Å². The molecule has 10 nitrogen and oxygen atoms in total. The Morgan fingerprint density at radius 1 is 0.896 bits per heavy atom. The number of carboxylic acid groups (broad SMARTS) is 1. The van der Waals surface area contributed by atoms with E-state index in [0.29, 0.717) is 16.9 Å². The van der Waals surface area contributed by atoms with Gasteiger partial charge in [-0.3, -0.25) is 19.2 Å². The van der Waals surface area contributed by atoms with Crippen LogP contribution in [0.1, 0.15) is 43.0 Å². The van der Waals surface area contributed by atoms with Crippen molar-refractivity contribution in [1.82, 2.24) is 10.6 Å². The molecule has 0 saturated carbocycles. The lowest BCUT2D eigenvalue weighted by Crippen LogP contribution is -2.43. The van der Waals surface area contributed by atoms with Gasteiger partial charge in [0, 0.05) is 13.0 Å². The van der Waals surface area contributed by atoms with E-state index in [1.807, 2.05) is 42.5 Å². The molecule has 4 rings (SSSR count). The number of fused-ring (bicyclic) bond motifs is 1. The number of nitrogens with two attached hydrogens (primary N) is 1. The number of nitrogens with one attached hydrogen (secondary N) is 2. The van der Waals surface area contributed by atoms with Crippen LogP contribution in [0.15, 0.2) is 108 Å². The number of amides is 3. The van der Waals surface area contributed by atoms with E-state index in [9.17, 15) is 24.3 Å². The summed E-state index contributed by atoms with van der Waals surface area (Å²) in [6.07, 6.45) is 1.25. The molecule has 4 aromatic carbocycles. The first kappa shape index (κ1) is 35.1. The first-order chi connectivity index (χ1) is 22.9. The maximum atomic E-state index is 13.8. The zero-order valence-electron chi connectivity index (χ0n) is 27.4. The molecular formula is C38H40N4O6. The van der Waals surface area contributed by atoms with Gasteiger partial charge in [0.2, 0.25) is 5.91 Å². The zero-order valence-corrected chi connectivity index (χ0v) is 27.4. The van der Waals surface area contributed by atoms with Crippen LogP contribution in [0.25, 0.3) is 10.8 Å². The van der Waals surface area contributed by atoms with Crippen molar-refractivity contribution in [2.45, 2.75) is 51.6 Å². The van der Waals surface area contributed by atoms with E-state index in [2.05, 4.69) is 15.6 Å². The number of aliphatic imine (C=N–C) groups is 1. The molecule has 0 radical (unpaired) electrons. The number of carboxylic acids is 1. The topological polar surface area (TPSA) is 160 Å². The summed E-state index contributed by atoms with van der Waals surface area (Å²) in [5.74, 6) is -2.06. The molecule has 0 spiro atoms. The van der Waals surface area contributed by atoms with Crippen molar-refractivity contribution in [1.29, 1.82) is 0 Å². The molecule has 0 aromatic heterocycles. The number of ether oxygens (including phenoxy) is 1. The van der Waals surface area contributed by atoms with Crippen LogP contribution in [0.5, 0.6) is 5.75 Å². The maximum Gasteiger partial charge on any atom is 0.313 e. The summed E-state index contributed by atoms with van der Waals surface area (Å²) in [5, 5.41) is 17.2. The van der Waals surface area contributed by atoms with E-state index >= 15 is 0 Å². The third-order valence-corrected chi connectivity index (χ3v) is 8.13. The Morgan fingerprint density at radius 3 is 2.15 bits per heavy atom. The first-order valence-electron chi connectivity index (χ1n) is 15.4. The predicted molar refractivity (Wildman–Crippen MR) is 186 cm³/mol. The Labute approximate surface area is 279 Å². The fourth-order valence-electron chi connectivity index (χ4n) is 4.99. The molecular weight excluding hydrogens is 608 g/mol. The van der Waals surface area contributed by atoms with Crippen molar-refractivity contribution in [3.05, 3.63) is 125 Å². The Hall–Kier alpha value is -5.77. The molecule has 248 valence electrons. The standard InChI is InChI=1S/C38H40N4O6/c1-24(22-39)34(36(45)40-23-26-12-17-31(48-4)18-13-26)42-35(44)32(20-25-10-15-30(16-11-25)38(2,3)37(46)47)41-33(43)21-27-9-14-28-7-5-6-8-29(28)19-27/h5-19,22,32H,20-21,23,39H2,1-4H3,(H,40,45)(H,41,43)(H,46,47). The minimum atomic E-state index is -1.13. The van der Waals surface area contributed by atoms with Crippen molar-refractivity contribution < 1.29 is 29.0 Å². The van der Waals surface area contributed by atoms with Crippen LogP contribution in [0, 0.1) is 0 Å². The number of aliphatic carboxylic acids is 1. The average molecular weight is 649 g/mol. The van der Waals surface area contributed by atoms with Gasteiger partial charge in [-0.25, -0.2) is 4.99 Å². The quantitative estimate of drug-likeness (QED) is 0.154. The van der Waals surface area contributed by atoms with Crippen LogP contribution < -0.4 is 21.1 Å². The number of benzene rings is 4. The second-order valence-corrected chi connectivity index (χ2v) is 12.0. The largest absolute Gasteiger partial charge is 0.497 e. The van der Waals surface area contributed by atoms with E-state index in [1.165, 1.54) is 6.20 Å². The summed E-state index contributed by atoms with van der Waals surface area (Å²) in [6, 6.07) is 26.3. The van der Waals surface area contributed by atoms with Crippen molar-refractivity contribution in [3.63, 3.8) is 0 Å². The Kier molecular flexibility index (Phi) is 11.5. The predicted octanol–water partition coefficient (Wildman–Crippen LogP) is 4.63. The Bertz CT molecular complexity index is 1860. The maximum absolute atomic E-state index is 13.8. The van der Waals surface area contributed by atoms with E-state index in [-0.39, 0.29) is 30.7 Å². The van der Waals surface area contributed by atoms with Gasteiger partial charge in [-0.15, -0.1) is 0 Å². The highest BCUT2D eigenvalue weighted by Gasteiger charge is 2.30. The molecule has 0 saturated heterocycles. The monoisotopic (exact) mass is 648 g/mol. The molecule has 0 aliphatic rings. The summed E-state index contributed by atoms with van der Waals surface area (Å²) in [4.78, 5) is 56.3. The van der Waals surface area contributed by atoms with E-state index in [4.69, 9.17) is 10.5 Å². The third-order valence-electron chi connectivity index (χ3n) is 8.13. The SMILES string of the molecule is COc1ccc(CNC(=O)C(=NC(=O)C(Cc2ccc(C(C)(C)C(=O)O)cc2)NC(=O)Cc2ccc3ccccc3c2)C(C)=CN)cc1. The second-order valence-electron chi connectivity index (χ2n) is 12.0. The minimum Gasteiger partial charge on any atom is -0.497 e. The van der Waals surface area contributed by atoms with Crippen LogP contribution >= 0.6 is 0 Å². The van der Waals surface area contributed by atoms with Crippen molar-refractivity contribution in [3.8, 4) is 5.75 Å². The van der Waals surface area contributed by atoms with Gasteiger partial charge in [0.25, 0.3) is 11.8 Å². The molecule has 48 heavy (non-hydrogen) atoms. The lowest BCUT2D eigenvalue weighted by molar-refractivity contribution is -0.142. The number of hydrogen-bond acceptors (Lipinski definition) is 6. The summed E-state index contributed by atoms with van der Waals surface area (Å²) in [5.41, 5.74) is 7.54. The molecule has 1 unspecified atom stereocenters. The molecule has 5 N–H and O–H groups in total. The summed E-state index contributed by atoms with van der Waals surface area (Å²) < 4.78 is 5.18. The van der Waals surface area contributed by atoms with E-state index in [1.54, 1.807) is 76.4 Å². The van der Waals surface area contributed by atoms with Crippen molar-refractivity contribution in [2.24, 2.45) is 10.7 Å². The fourth-order valence-corrected chi connectivity index (χ4v) is 4.99. The van der Waals surface area contributed by atoms with E-state index in [0.717, 1.165) is 21.9 Å². The molecule has 3 amide bonds. The highest BCUT2D eigenvalue weighted by molar-refractivity contribution is 6.46. The second kappa shape index (κ2) is 15.7. The lowest BCUT2D eigenvalue weighted by atomic mass is 9.84. The van der Waals surface area contributed by atoms with Gasteiger partial charge in [-0.1, -0.05) is 78.9 Å². The van der Waals surface area contributed by atoms with Crippen molar-refractivity contribution >= 4 is 40.2 Å². The van der Waals surface area contributed by atoms with Gasteiger partial charge in [0.15, 0.2) is 0 Å². The number of methoxy groups -OCH3 is 1. The molecule has 0 heterocycles. The molecule has 1 atom stereocenters. The Balaban J connectivity index is 1.59. The molecule has 0 fully saturated rings. The average Bonchev–Trinajstić information content (AvgIpc) is 3.09. The molecule has 0 aliphatic carbocycles. The molecule has 4 aromatic rings. The smallest absolute Gasteiger partial charge is 0.313 e. The highest BCUT2D eigenvalue weighted by Crippen LogP contribution is 2.24. The minimum absolute atomic E-state index is 0.0149. The van der Waals surface area contributed by atoms with Crippen LogP contribution in [0.2, 0.25) is 0 Å². The van der Waals surface area contributed by atoms with Gasteiger partial charge < -0.3 is 26.2 Å². The van der Waals surface area contributed by atoms with E-state index < -0.39 is 35.1 Å². The van der Waals surface area contributed by atoms with Crippen LogP contribution in [0.4, 0.5) is 0 Å². The van der Waals surface area contributed by atoms with Gasteiger partial charge in [-0.05, 0) is 77.7 Å². The normalized spacial score (nSPS) is 12.7. The number of rotatable bonds is 13. The zero-order chi connectivity index (χ0) is 34.8. The summed E-state index contributed by atoms with van der Waals surface area (Å²) in [6.45, 7) is 4.94. The van der Waals surface area contributed by atoms with Gasteiger partial charge >= 0.3 is 5.97 Å². The van der Waals surface area contributed by atoms with Gasteiger partial charge in [0.05, 0.1) is 18.9 Å². The fraction of sp³-hybridized carbons (Fsp3) is 0.237. The number of hydrogen-bond donors (Lipinski definition) is 4. The van der Waals surface area contributed by atoms with Crippen LogP contribution in [-0.4, -0.2) is 47.7 Å². The number of nitrogens with zero attached hydrogens (tertiary/aromatic N) is 1. The first-order valence-corrected chi connectivity index (χ1v) is 15.4. The van der Waals surface area contributed by atoms with Crippen LogP contribution in [0.3, 0.4) is 0 Å². The van der Waals surface area contributed by atoms with Crippen LogP contribution in [-0.2, 0) is 44.0 Å². The highest BCUT2D eigenvalue weighted by atomic mass is 16.5. The summed E-state index contributed by atoms with van der Waals surface area (Å²) >= 11 is 0. The molecule has 0 bridgehead atoms. The van der Waals surface area contributed by atoms with Crippen molar-refractivity contribution in [2.75, 3.05) is 7.11 Å². The third kappa shape index (κ3) is 8.94. The molecule has 10 heteroatoms. The Morgan fingerprint density at radius 2 is 1.52 bits per heavy atom. The number of carbonyl (C=O) groups excluding carboxylic acids is 3. The van der Waals surface area contributed by atoms with Gasteiger partial charge in [0.1, 0.15) is 17.5 Å². The summed E-state index contributed by atoms with van der Waals surface area (Å²) in [7, 11) is 1.56. The lowest BCUT2D eigenvalue weighted by Gasteiger charge is -2.21. The molecule has 0 aliphatic heterocycles. The number of carbonyl (C=O) groups is 4.